The van der Waals surface area contributed by atoms with Gasteiger partial charge in [0, 0.05) is 19.2 Å². The number of hydrogen-bond donors (Lipinski definition) is 1. The lowest BCUT2D eigenvalue weighted by atomic mass is 10.1. The van der Waals surface area contributed by atoms with Gasteiger partial charge in [-0.05, 0) is 49.2 Å². The summed E-state index contributed by atoms with van der Waals surface area (Å²) < 4.78 is 14.4. The molecule has 1 heterocycles. The van der Waals surface area contributed by atoms with Crippen LogP contribution in [0.3, 0.4) is 0 Å². The van der Waals surface area contributed by atoms with Gasteiger partial charge < -0.3 is 10.7 Å². The third-order valence-electron chi connectivity index (χ3n) is 4.42. The molecule has 28 heavy (non-hydrogen) atoms. The van der Waals surface area contributed by atoms with E-state index in [1.807, 2.05) is 26.0 Å². The number of amides is 1. The van der Waals surface area contributed by atoms with Crippen molar-refractivity contribution >= 4 is 17.7 Å². The molecular weight excluding hydrogens is 377 g/mol. The standard InChI is InChI=1S/C20H22FN5OS/c1-13-4-5-16(14(2)10-13)11-25(3)18(27)12-28-20-24-23-19(26(20)22)15-6-8-17(21)9-7-15/h4-10H,11-12,22H2,1-3H3. The topological polar surface area (TPSA) is 77.0 Å². The Bertz CT molecular complexity index is 987. The lowest BCUT2D eigenvalue weighted by Gasteiger charge is -2.18. The van der Waals surface area contributed by atoms with Gasteiger partial charge in [-0.1, -0.05) is 35.5 Å². The van der Waals surface area contributed by atoms with Crippen molar-refractivity contribution in [2.45, 2.75) is 25.5 Å². The van der Waals surface area contributed by atoms with Gasteiger partial charge in [0.15, 0.2) is 5.82 Å². The monoisotopic (exact) mass is 399 g/mol. The molecule has 1 aromatic heterocycles. The first kappa shape index (κ1) is 19.9. The number of rotatable bonds is 6. The van der Waals surface area contributed by atoms with Crippen LogP contribution in [0, 0.1) is 19.7 Å². The van der Waals surface area contributed by atoms with Crippen LogP contribution in [0.15, 0.2) is 47.6 Å². The Morgan fingerprint density at radius 2 is 1.89 bits per heavy atom. The van der Waals surface area contributed by atoms with Crippen molar-refractivity contribution in [1.29, 1.82) is 0 Å². The number of benzene rings is 2. The zero-order valence-corrected chi connectivity index (χ0v) is 16.8. The highest BCUT2D eigenvalue weighted by atomic mass is 32.2. The highest BCUT2D eigenvalue weighted by molar-refractivity contribution is 7.99. The van der Waals surface area contributed by atoms with Gasteiger partial charge in [-0.25, -0.2) is 9.07 Å². The third-order valence-corrected chi connectivity index (χ3v) is 5.35. The number of carbonyl (C=O) groups excluding carboxylic acids is 1. The number of thioether (sulfide) groups is 1. The van der Waals surface area contributed by atoms with Crippen LogP contribution in [0.5, 0.6) is 0 Å². The fraction of sp³-hybridized carbons (Fsp3) is 0.250. The van der Waals surface area contributed by atoms with E-state index in [2.05, 4.69) is 16.3 Å². The summed E-state index contributed by atoms with van der Waals surface area (Å²) in [6.45, 7) is 4.64. The summed E-state index contributed by atoms with van der Waals surface area (Å²) in [7, 11) is 1.78. The molecule has 3 aromatic rings. The van der Waals surface area contributed by atoms with E-state index in [9.17, 15) is 9.18 Å². The van der Waals surface area contributed by atoms with Gasteiger partial charge in [0.05, 0.1) is 5.75 Å². The molecule has 0 saturated heterocycles. The van der Waals surface area contributed by atoms with Crippen molar-refractivity contribution in [3.8, 4) is 11.4 Å². The van der Waals surface area contributed by atoms with E-state index >= 15 is 0 Å². The van der Waals surface area contributed by atoms with Crippen molar-refractivity contribution in [1.82, 2.24) is 19.8 Å². The van der Waals surface area contributed by atoms with Crippen LogP contribution in [-0.4, -0.2) is 38.5 Å². The maximum atomic E-state index is 13.1. The zero-order chi connectivity index (χ0) is 20.3. The summed E-state index contributed by atoms with van der Waals surface area (Å²) in [5.74, 6) is 6.29. The van der Waals surface area contributed by atoms with Crippen molar-refractivity contribution in [2.75, 3.05) is 18.6 Å². The van der Waals surface area contributed by atoms with E-state index in [-0.39, 0.29) is 17.5 Å². The second-order valence-electron chi connectivity index (χ2n) is 6.65. The van der Waals surface area contributed by atoms with Crippen molar-refractivity contribution in [3.05, 3.63) is 65.0 Å². The minimum absolute atomic E-state index is 0.0312. The molecule has 0 bridgehead atoms. The van der Waals surface area contributed by atoms with Gasteiger partial charge in [-0.2, -0.15) is 0 Å². The van der Waals surface area contributed by atoms with E-state index in [4.69, 9.17) is 5.84 Å². The molecule has 6 nitrogen and oxygen atoms in total. The molecule has 3 rings (SSSR count). The van der Waals surface area contributed by atoms with Gasteiger partial charge >= 0.3 is 0 Å². The first-order valence-corrected chi connectivity index (χ1v) is 9.73. The average molecular weight is 399 g/mol. The van der Waals surface area contributed by atoms with Crippen LogP contribution < -0.4 is 5.84 Å². The van der Waals surface area contributed by atoms with Gasteiger partial charge in [-0.15, -0.1) is 10.2 Å². The van der Waals surface area contributed by atoms with Crippen LogP contribution in [0.2, 0.25) is 0 Å². The molecule has 8 heteroatoms. The Morgan fingerprint density at radius 1 is 1.18 bits per heavy atom. The third kappa shape index (κ3) is 4.51. The summed E-state index contributed by atoms with van der Waals surface area (Å²) >= 11 is 1.22. The Balaban J connectivity index is 1.62. The highest BCUT2D eigenvalue weighted by Crippen LogP contribution is 2.22. The van der Waals surface area contributed by atoms with Crippen molar-refractivity contribution in [2.24, 2.45) is 0 Å². The second kappa shape index (κ2) is 8.43. The predicted octanol–water partition coefficient (Wildman–Crippen LogP) is 3.17. The fourth-order valence-corrected chi connectivity index (χ4v) is 3.57. The fourth-order valence-electron chi connectivity index (χ4n) is 2.77. The Kier molecular flexibility index (Phi) is 5.99. The van der Waals surface area contributed by atoms with Crippen molar-refractivity contribution in [3.63, 3.8) is 0 Å². The molecule has 2 aromatic carbocycles. The maximum Gasteiger partial charge on any atom is 0.233 e. The Hall–Kier alpha value is -2.87. The smallest absolute Gasteiger partial charge is 0.233 e. The minimum atomic E-state index is -0.334. The van der Waals surface area contributed by atoms with Gasteiger partial charge in [0.25, 0.3) is 0 Å². The number of carbonyl (C=O) groups is 1. The number of aromatic nitrogens is 3. The predicted molar refractivity (Wildman–Crippen MR) is 109 cm³/mol. The Morgan fingerprint density at radius 3 is 2.57 bits per heavy atom. The van der Waals surface area contributed by atoms with Crippen molar-refractivity contribution < 1.29 is 9.18 Å². The lowest BCUT2D eigenvalue weighted by Crippen LogP contribution is -2.28. The molecule has 0 aliphatic carbocycles. The normalized spacial score (nSPS) is 10.9. The van der Waals surface area contributed by atoms with Gasteiger partial charge in [-0.3, -0.25) is 4.79 Å². The SMILES string of the molecule is Cc1ccc(CN(C)C(=O)CSc2nnc(-c3ccc(F)cc3)n2N)c(C)c1. The molecule has 2 N–H and O–H groups in total. The second-order valence-corrected chi connectivity index (χ2v) is 7.59. The van der Waals surface area contributed by atoms with E-state index < -0.39 is 0 Å². The van der Waals surface area contributed by atoms with Gasteiger partial charge in [0.1, 0.15) is 5.82 Å². The first-order valence-electron chi connectivity index (χ1n) is 8.74. The van der Waals surface area contributed by atoms with Crippen LogP contribution in [0.4, 0.5) is 4.39 Å². The number of aryl methyl sites for hydroxylation is 2. The number of nitrogens with zero attached hydrogens (tertiary/aromatic N) is 4. The molecule has 0 fully saturated rings. The molecular formula is C20H22FN5OS. The molecule has 0 unspecified atom stereocenters. The highest BCUT2D eigenvalue weighted by Gasteiger charge is 2.16. The average Bonchev–Trinajstić information content (AvgIpc) is 3.03. The molecule has 0 spiro atoms. The zero-order valence-electron chi connectivity index (χ0n) is 16.0. The van der Waals surface area contributed by atoms with E-state index in [1.54, 1.807) is 24.1 Å². The number of nitrogens with two attached hydrogens (primary N) is 1. The minimum Gasteiger partial charge on any atom is -0.341 e. The molecule has 0 aliphatic heterocycles. The largest absolute Gasteiger partial charge is 0.341 e. The lowest BCUT2D eigenvalue weighted by molar-refractivity contribution is -0.127. The molecule has 0 aliphatic rings. The summed E-state index contributed by atoms with van der Waals surface area (Å²) in [4.78, 5) is 14.2. The maximum absolute atomic E-state index is 13.1. The Labute approximate surface area is 167 Å². The van der Waals surface area contributed by atoms with E-state index in [0.29, 0.717) is 23.1 Å². The summed E-state index contributed by atoms with van der Waals surface area (Å²) in [5, 5.41) is 8.51. The van der Waals surface area contributed by atoms with Crippen LogP contribution in [0.25, 0.3) is 11.4 Å². The molecule has 146 valence electrons. The van der Waals surface area contributed by atoms with Crippen LogP contribution >= 0.6 is 11.8 Å². The summed E-state index contributed by atoms with van der Waals surface area (Å²) in [6.07, 6.45) is 0. The first-order chi connectivity index (χ1) is 13.3. The number of hydrogen-bond acceptors (Lipinski definition) is 5. The summed E-state index contributed by atoms with van der Waals surface area (Å²) in [6, 6.07) is 12.0. The number of halogens is 1. The van der Waals surface area contributed by atoms with Crippen LogP contribution in [-0.2, 0) is 11.3 Å². The molecule has 0 radical (unpaired) electrons. The molecule has 1 amide bonds. The molecule has 0 saturated carbocycles. The quantitative estimate of drug-likeness (QED) is 0.509. The van der Waals surface area contributed by atoms with E-state index in [0.717, 1.165) is 11.1 Å². The van der Waals surface area contributed by atoms with E-state index in [1.165, 1.54) is 34.1 Å². The molecule has 0 atom stereocenters. The number of nitrogen functional groups attached to an aromatic ring is 1. The van der Waals surface area contributed by atoms with Crippen LogP contribution in [0.1, 0.15) is 16.7 Å². The van der Waals surface area contributed by atoms with Gasteiger partial charge in [0.2, 0.25) is 11.1 Å². The summed E-state index contributed by atoms with van der Waals surface area (Å²) in [5.41, 5.74) is 4.14.